The fourth-order valence-corrected chi connectivity index (χ4v) is 1.14. The molecule has 0 saturated heterocycles. The van der Waals surface area contributed by atoms with E-state index in [0.29, 0.717) is 0 Å². The van der Waals surface area contributed by atoms with Crippen LogP contribution in [0.2, 0.25) is 0 Å². The van der Waals surface area contributed by atoms with Gasteiger partial charge >= 0.3 is 0 Å². The van der Waals surface area contributed by atoms with E-state index < -0.39 is 0 Å². The Morgan fingerprint density at radius 2 is 2.25 bits per heavy atom. The molecule has 0 bridgehead atoms. The number of nitrogens with zero attached hydrogens (tertiary/aromatic N) is 2. The summed E-state index contributed by atoms with van der Waals surface area (Å²) in [6, 6.07) is 1.88. The van der Waals surface area contributed by atoms with Crippen molar-refractivity contribution in [2.45, 2.75) is 13.8 Å². The molecule has 12 heavy (non-hydrogen) atoms. The summed E-state index contributed by atoms with van der Waals surface area (Å²) in [7, 11) is 1.85. The van der Waals surface area contributed by atoms with Crippen LogP contribution in [0.5, 0.6) is 0 Å². The van der Waals surface area contributed by atoms with E-state index in [9.17, 15) is 4.79 Å². The highest BCUT2D eigenvalue weighted by atomic mass is 16.1. The largest absolute Gasteiger partial charge is 0.295 e. The number of rotatable bonds is 2. The van der Waals surface area contributed by atoms with Gasteiger partial charge in [0.15, 0.2) is 5.78 Å². The van der Waals surface area contributed by atoms with Crippen LogP contribution < -0.4 is 0 Å². The summed E-state index contributed by atoms with van der Waals surface area (Å²) in [6.07, 6.45) is 3.32. The first-order chi connectivity index (χ1) is 5.61. The lowest BCUT2D eigenvalue weighted by Gasteiger charge is -1.99. The van der Waals surface area contributed by atoms with Gasteiger partial charge in [0.2, 0.25) is 0 Å². The summed E-state index contributed by atoms with van der Waals surface area (Å²) >= 11 is 0. The number of aromatic nitrogens is 2. The van der Waals surface area contributed by atoms with Crippen LogP contribution in [0.1, 0.15) is 19.5 Å². The second kappa shape index (κ2) is 3.34. The Labute approximate surface area is 71.7 Å². The molecule has 3 nitrogen and oxygen atoms in total. The first-order valence-electron chi connectivity index (χ1n) is 3.78. The molecular formula is C9H12N2O. The number of aryl methyl sites for hydroxylation is 1. The number of hydrogen-bond acceptors (Lipinski definition) is 2. The highest BCUT2D eigenvalue weighted by Gasteiger charge is 2.00. The standard InChI is InChI=1S/C9H12N2O/c1-7(6-8(2)12)9-4-5-10-11(9)3/h4-6H,1-3H3/b7-6-. The Morgan fingerprint density at radius 3 is 2.67 bits per heavy atom. The minimum Gasteiger partial charge on any atom is -0.295 e. The fraction of sp³-hybridized carbons (Fsp3) is 0.333. The van der Waals surface area contributed by atoms with Crippen molar-refractivity contribution in [2.75, 3.05) is 0 Å². The molecule has 1 heterocycles. The van der Waals surface area contributed by atoms with Crippen molar-refractivity contribution in [1.82, 2.24) is 9.78 Å². The van der Waals surface area contributed by atoms with Crippen LogP contribution in [-0.4, -0.2) is 15.6 Å². The zero-order chi connectivity index (χ0) is 9.14. The molecule has 1 aromatic heterocycles. The van der Waals surface area contributed by atoms with Crippen molar-refractivity contribution in [3.8, 4) is 0 Å². The summed E-state index contributed by atoms with van der Waals surface area (Å²) in [5.41, 5.74) is 1.92. The lowest BCUT2D eigenvalue weighted by Crippen LogP contribution is -1.96. The lowest BCUT2D eigenvalue weighted by molar-refractivity contribution is -0.112. The van der Waals surface area contributed by atoms with E-state index in [1.807, 2.05) is 20.0 Å². The third-order valence-electron chi connectivity index (χ3n) is 1.64. The summed E-state index contributed by atoms with van der Waals surface area (Å²) in [4.78, 5) is 10.8. The van der Waals surface area contributed by atoms with E-state index in [2.05, 4.69) is 5.10 Å². The third-order valence-corrected chi connectivity index (χ3v) is 1.64. The SMILES string of the molecule is CC(=O)/C=C(/C)c1ccnn1C. The quantitative estimate of drug-likeness (QED) is 0.619. The van der Waals surface area contributed by atoms with Gasteiger partial charge in [0.1, 0.15) is 0 Å². The van der Waals surface area contributed by atoms with Crippen LogP contribution in [0.15, 0.2) is 18.3 Å². The molecule has 0 unspecified atom stereocenters. The minimum atomic E-state index is 0.0636. The molecule has 1 rings (SSSR count). The lowest BCUT2D eigenvalue weighted by atomic mass is 10.2. The molecule has 0 aliphatic carbocycles. The second-order valence-electron chi connectivity index (χ2n) is 2.78. The van der Waals surface area contributed by atoms with Crippen LogP contribution in [-0.2, 0) is 11.8 Å². The fourth-order valence-electron chi connectivity index (χ4n) is 1.14. The van der Waals surface area contributed by atoms with Crippen LogP contribution in [0, 0.1) is 0 Å². The van der Waals surface area contributed by atoms with Crippen molar-refractivity contribution >= 4 is 11.4 Å². The van der Waals surface area contributed by atoms with Gasteiger partial charge in [0, 0.05) is 13.2 Å². The molecule has 0 N–H and O–H groups in total. The molecular weight excluding hydrogens is 152 g/mol. The zero-order valence-electron chi connectivity index (χ0n) is 7.53. The molecule has 0 fully saturated rings. The summed E-state index contributed by atoms with van der Waals surface area (Å²) < 4.78 is 1.74. The topological polar surface area (TPSA) is 34.9 Å². The van der Waals surface area contributed by atoms with Crippen LogP contribution in [0.25, 0.3) is 5.57 Å². The van der Waals surface area contributed by atoms with E-state index in [4.69, 9.17) is 0 Å². The molecule has 64 valence electrons. The molecule has 0 radical (unpaired) electrons. The first-order valence-corrected chi connectivity index (χ1v) is 3.78. The van der Waals surface area contributed by atoms with Gasteiger partial charge < -0.3 is 0 Å². The Hall–Kier alpha value is -1.38. The van der Waals surface area contributed by atoms with Crippen LogP contribution >= 0.6 is 0 Å². The second-order valence-corrected chi connectivity index (χ2v) is 2.78. The van der Waals surface area contributed by atoms with Gasteiger partial charge in [-0.1, -0.05) is 0 Å². The molecule has 3 heteroatoms. The average molecular weight is 164 g/mol. The van der Waals surface area contributed by atoms with Gasteiger partial charge in [-0.3, -0.25) is 9.48 Å². The van der Waals surface area contributed by atoms with Crippen LogP contribution in [0.3, 0.4) is 0 Å². The third kappa shape index (κ3) is 1.81. The van der Waals surface area contributed by atoms with E-state index in [-0.39, 0.29) is 5.78 Å². The van der Waals surface area contributed by atoms with Crippen molar-refractivity contribution < 1.29 is 4.79 Å². The predicted molar refractivity (Wildman–Crippen MR) is 47.5 cm³/mol. The minimum absolute atomic E-state index is 0.0636. The first kappa shape index (κ1) is 8.71. The Balaban J connectivity index is 2.99. The molecule has 1 aromatic rings. The summed E-state index contributed by atoms with van der Waals surface area (Å²) in [5.74, 6) is 0.0636. The average Bonchev–Trinajstić information content (AvgIpc) is 2.33. The maximum atomic E-state index is 10.8. The van der Waals surface area contributed by atoms with Crippen molar-refractivity contribution in [1.29, 1.82) is 0 Å². The Kier molecular flexibility index (Phi) is 2.43. The predicted octanol–water partition coefficient (Wildman–Crippen LogP) is 1.41. The number of carbonyl (C=O) groups excluding carboxylic acids is 1. The number of allylic oxidation sites excluding steroid dienone is 2. The van der Waals surface area contributed by atoms with Gasteiger partial charge in [-0.15, -0.1) is 0 Å². The van der Waals surface area contributed by atoms with E-state index in [1.54, 1.807) is 23.9 Å². The molecule has 0 atom stereocenters. The Morgan fingerprint density at radius 1 is 1.58 bits per heavy atom. The van der Waals surface area contributed by atoms with Gasteiger partial charge in [0.05, 0.1) is 5.69 Å². The molecule has 0 saturated carbocycles. The normalized spacial score (nSPS) is 11.8. The summed E-state index contributed by atoms with van der Waals surface area (Å²) in [5, 5.41) is 4.01. The van der Waals surface area contributed by atoms with Gasteiger partial charge in [-0.05, 0) is 31.6 Å². The molecule has 0 aromatic carbocycles. The zero-order valence-corrected chi connectivity index (χ0v) is 7.53. The smallest absolute Gasteiger partial charge is 0.152 e. The van der Waals surface area contributed by atoms with Crippen molar-refractivity contribution in [2.24, 2.45) is 7.05 Å². The van der Waals surface area contributed by atoms with Crippen molar-refractivity contribution in [3.05, 3.63) is 24.0 Å². The van der Waals surface area contributed by atoms with E-state index in [0.717, 1.165) is 11.3 Å². The number of carbonyl (C=O) groups is 1. The van der Waals surface area contributed by atoms with Gasteiger partial charge in [-0.25, -0.2) is 0 Å². The van der Waals surface area contributed by atoms with E-state index in [1.165, 1.54) is 0 Å². The number of ketones is 1. The van der Waals surface area contributed by atoms with Crippen LogP contribution in [0.4, 0.5) is 0 Å². The molecule has 0 spiro atoms. The van der Waals surface area contributed by atoms with E-state index >= 15 is 0 Å². The van der Waals surface area contributed by atoms with Gasteiger partial charge in [0.25, 0.3) is 0 Å². The maximum Gasteiger partial charge on any atom is 0.152 e. The molecule has 0 aliphatic rings. The van der Waals surface area contributed by atoms with Gasteiger partial charge in [-0.2, -0.15) is 5.10 Å². The Bertz CT molecular complexity index is 323. The number of hydrogen-bond donors (Lipinski definition) is 0. The molecule has 0 aliphatic heterocycles. The van der Waals surface area contributed by atoms with Crippen molar-refractivity contribution in [3.63, 3.8) is 0 Å². The molecule has 0 amide bonds. The highest BCUT2D eigenvalue weighted by molar-refractivity contribution is 5.94. The highest BCUT2D eigenvalue weighted by Crippen LogP contribution is 2.11. The monoisotopic (exact) mass is 164 g/mol. The summed E-state index contributed by atoms with van der Waals surface area (Å²) in [6.45, 7) is 3.44. The maximum absolute atomic E-state index is 10.8.